The lowest BCUT2D eigenvalue weighted by molar-refractivity contribution is -0.157. The van der Waals surface area contributed by atoms with E-state index in [0.717, 1.165) is 0 Å². The van der Waals surface area contributed by atoms with Crippen LogP contribution in [0.5, 0.6) is 0 Å². The number of benzene rings is 1. The monoisotopic (exact) mass is 420 g/mol. The van der Waals surface area contributed by atoms with Crippen molar-refractivity contribution in [2.24, 2.45) is 0 Å². The number of carbonyl (C=O) groups excluding carboxylic acids is 1. The molecule has 1 N–H and O–H groups in total. The Bertz CT molecular complexity index is 1030. The second-order valence-corrected chi connectivity index (χ2v) is 8.29. The minimum atomic E-state index is -1.29. The van der Waals surface area contributed by atoms with E-state index >= 15 is 0 Å². The SMILES string of the molecule is CCOC(=O)C1(n2cnc3c(Sc4cccc(F)c4)ncnc32)CSCC1O. The molecular formula is C18H17FN4O3S2. The standard InChI is InChI=1S/C18H17FN4O3S2/c1-2-26-17(25)18(8-27-7-13(18)24)23-10-22-14-15(23)20-9-21-16(14)28-12-5-3-4-11(19)6-12/h3-6,9-10,13,24H,2,7-8H2,1H3. The van der Waals surface area contributed by atoms with Crippen molar-refractivity contribution >= 4 is 40.7 Å². The average molecular weight is 420 g/mol. The van der Waals surface area contributed by atoms with Crippen molar-refractivity contribution in [1.29, 1.82) is 0 Å². The number of nitrogens with zero attached hydrogens (tertiary/aromatic N) is 4. The van der Waals surface area contributed by atoms with Crippen LogP contribution < -0.4 is 0 Å². The number of imidazole rings is 1. The van der Waals surface area contributed by atoms with Gasteiger partial charge in [0.25, 0.3) is 0 Å². The van der Waals surface area contributed by atoms with Gasteiger partial charge >= 0.3 is 5.97 Å². The second kappa shape index (κ2) is 7.69. The van der Waals surface area contributed by atoms with Crippen molar-refractivity contribution in [3.63, 3.8) is 0 Å². The summed E-state index contributed by atoms with van der Waals surface area (Å²) in [5.41, 5.74) is -0.391. The Morgan fingerprint density at radius 3 is 3.04 bits per heavy atom. The normalized spacial score (nSPS) is 21.9. The molecule has 0 saturated carbocycles. The van der Waals surface area contributed by atoms with Gasteiger partial charge in [0.1, 0.15) is 22.7 Å². The van der Waals surface area contributed by atoms with Crippen LogP contribution in [0.4, 0.5) is 4.39 Å². The summed E-state index contributed by atoms with van der Waals surface area (Å²) in [6.07, 6.45) is 1.93. The van der Waals surface area contributed by atoms with E-state index < -0.39 is 17.6 Å². The Kier molecular flexibility index (Phi) is 5.26. The maximum absolute atomic E-state index is 13.5. The molecule has 3 heterocycles. The molecule has 0 aliphatic carbocycles. The molecule has 3 aromatic rings. The van der Waals surface area contributed by atoms with Crippen LogP contribution in [0.2, 0.25) is 0 Å². The van der Waals surface area contributed by atoms with Crippen LogP contribution in [-0.4, -0.2) is 54.8 Å². The topological polar surface area (TPSA) is 90.1 Å². The lowest BCUT2D eigenvalue weighted by Gasteiger charge is -2.30. The molecular weight excluding hydrogens is 403 g/mol. The highest BCUT2D eigenvalue weighted by Gasteiger charge is 2.53. The molecule has 28 heavy (non-hydrogen) atoms. The number of rotatable bonds is 5. The van der Waals surface area contributed by atoms with Gasteiger partial charge in [-0.15, -0.1) is 0 Å². The fourth-order valence-electron chi connectivity index (χ4n) is 3.16. The third kappa shape index (κ3) is 3.15. The van der Waals surface area contributed by atoms with Crippen LogP contribution in [0.15, 0.2) is 46.8 Å². The third-order valence-corrected chi connectivity index (χ3v) is 6.70. The van der Waals surface area contributed by atoms with E-state index in [9.17, 15) is 14.3 Å². The Labute approximate surface area is 168 Å². The van der Waals surface area contributed by atoms with Gasteiger partial charge in [-0.05, 0) is 25.1 Å². The number of fused-ring (bicyclic) bond motifs is 1. The molecule has 0 bridgehead atoms. The molecule has 1 aliphatic rings. The molecule has 0 amide bonds. The minimum Gasteiger partial charge on any atom is -0.464 e. The van der Waals surface area contributed by atoms with Gasteiger partial charge in [0, 0.05) is 16.4 Å². The number of aliphatic hydroxyl groups is 1. The summed E-state index contributed by atoms with van der Waals surface area (Å²) in [4.78, 5) is 26.4. The van der Waals surface area contributed by atoms with Gasteiger partial charge < -0.3 is 9.84 Å². The van der Waals surface area contributed by atoms with Crippen LogP contribution in [0.3, 0.4) is 0 Å². The van der Waals surface area contributed by atoms with Gasteiger partial charge in [0.05, 0.1) is 19.0 Å². The summed E-state index contributed by atoms with van der Waals surface area (Å²) in [6, 6.07) is 6.18. The molecule has 146 valence electrons. The summed E-state index contributed by atoms with van der Waals surface area (Å²) in [6.45, 7) is 1.93. The number of esters is 1. The zero-order valence-electron chi connectivity index (χ0n) is 14.9. The van der Waals surface area contributed by atoms with E-state index in [1.54, 1.807) is 23.6 Å². The predicted octanol–water partition coefficient (Wildman–Crippen LogP) is 2.48. The van der Waals surface area contributed by atoms with E-state index in [-0.39, 0.29) is 12.4 Å². The van der Waals surface area contributed by atoms with Crippen LogP contribution in [0.1, 0.15) is 6.92 Å². The van der Waals surface area contributed by atoms with Crippen LogP contribution in [-0.2, 0) is 15.1 Å². The lowest BCUT2D eigenvalue weighted by atomic mass is 9.95. The summed E-state index contributed by atoms with van der Waals surface area (Å²) in [5, 5.41) is 11.2. The first-order valence-corrected chi connectivity index (χ1v) is 10.6. The molecule has 2 unspecified atom stereocenters. The number of aliphatic hydroxyl groups excluding tert-OH is 1. The largest absolute Gasteiger partial charge is 0.464 e. The first-order valence-electron chi connectivity index (χ1n) is 8.61. The first-order chi connectivity index (χ1) is 13.6. The minimum absolute atomic E-state index is 0.209. The van der Waals surface area contributed by atoms with E-state index in [1.165, 1.54) is 48.3 Å². The number of carbonyl (C=O) groups is 1. The molecule has 2 aromatic heterocycles. The molecule has 7 nitrogen and oxygen atoms in total. The Morgan fingerprint density at radius 2 is 2.32 bits per heavy atom. The number of aromatic nitrogens is 4. The second-order valence-electron chi connectivity index (χ2n) is 6.20. The van der Waals surface area contributed by atoms with Gasteiger partial charge in [-0.3, -0.25) is 4.57 Å². The number of hydrogen-bond donors (Lipinski definition) is 1. The van der Waals surface area contributed by atoms with Crippen molar-refractivity contribution in [2.45, 2.75) is 28.5 Å². The summed E-state index contributed by atoms with van der Waals surface area (Å²) in [5.74, 6) is -0.0820. The molecule has 10 heteroatoms. The van der Waals surface area contributed by atoms with Crippen molar-refractivity contribution < 1.29 is 19.0 Å². The Balaban J connectivity index is 1.80. The van der Waals surface area contributed by atoms with Gasteiger partial charge in [0.2, 0.25) is 0 Å². The van der Waals surface area contributed by atoms with Crippen molar-refractivity contribution in [3.05, 3.63) is 42.7 Å². The van der Waals surface area contributed by atoms with Crippen LogP contribution >= 0.6 is 23.5 Å². The smallest absolute Gasteiger partial charge is 0.336 e. The van der Waals surface area contributed by atoms with Crippen LogP contribution in [0, 0.1) is 5.82 Å². The molecule has 4 rings (SSSR count). The van der Waals surface area contributed by atoms with Gasteiger partial charge in [0.15, 0.2) is 11.2 Å². The number of thioether (sulfide) groups is 1. The summed E-state index contributed by atoms with van der Waals surface area (Å²) < 4.78 is 20.3. The van der Waals surface area contributed by atoms with Gasteiger partial charge in [-0.2, -0.15) is 11.8 Å². The number of hydrogen-bond acceptors (Lipinski definition) is 8. The molecule has 1 aromatic carbocycles. The Hall–Kier alpha value is -2.17. The molecule has 1 fully saturated rings. The average Bonchev–Trinajstić information content (AvgIpc) is 3.27. The van der Waals surface area contributed by atoms with Crippen molar-refractivity contribution in [2.75, 3.05) is 18.1 Å². The molecule has 1 aliphatic heterocycles. The zero-order valence-corrected chi connectivity index (χ0v) is 16.5. The van der Waals surface area contributed by atoms with Gasteiger partial charge in [-0.1, -0.05) is 17.8 Å². The van der Waals surface area contributed by atoms with E-state index in [4.69, 9.17) is 4.74 Å². The quantitative estimate of drug-likeness (QED) is 0.497. The number of halogens is 1. The Morgan fingerprint density at radius 1 is 1.46 bits per heavy atom. The van der Waals surface area contributed by atoms with Crippen molar-refractivity contribution in [3.8, 4) is 0 Å². The van der Waals surface area contributed by atoms with Gasteiger partial charge in [-0.25, -0.2) is 24.1 Å². The molecule has 0 spiro atoms. The number of ether oxygens (including phenoxy) is 1. The zero-order chi connectivity index (χ0) is 19.7. The lowest BCUT2D eigenvalue weighted by Crippen LogP contribution is -2.51. The maximum Gasteiger partial charge on any atom is 0.336 e. The van der Waals surface area contributed by atoms with E-state index in [0.29, 0.717) is 32.6 Å². The third-order valence-electron chi connectivity index (χ3n) is 4.52. The highest BCUT2D eigenvalue weighted by molar-refractivity contribution is 7.99. The fourth-order valence-corrected chi connectivity index (χ4v) is 5.42. The van der Waals surface area contributed by atoms with Crippen molar-refractivity contribution in [1.82, 2.24) is 19.5 Å². The molecule has 0 radical (unpaired) electrons. The van der Waals surface area contributed by atoms with E-state index in [2.05, 4.69) is 15.0 Å². The fraction of sp³-hybridized carbons (Fsp3) is 0.333. The van der Waals surface area contributed by atoms with E-state index in [1.807, 2.05) is 0 Å². The predicted molar refractivity (Wildman–Crippen MR) is 104 cm³/mol. The molecule has 2 atom stereocenters. The highest BCUT2D eigenvalue weighted by Crippen LogP contribution is 2.39. The summed E-state index contributed by atoms with van der Waals surface area (Å²) >= 11 is 2.72. The highest BCUT2D eigenvalue weighted by atomic mass is 32.2. The summed E-state index contributed by atoms with van der Waals surface area (Å²) in [7, 11) is 0. The first kappa shape index (κ1) is 19.2. The van der Waals surface area contributed by atoms with Crippen LogP contribution in [0.25, 0.3) is 11.2 Å². The molecule has 1 saturated heterocycles. The maximum atomic E-state index is 13.5.